The Kier molecular flexibility index (Phi) is 7.85. The number of anilines is 1. The van der Waals surface area contributed by atoms with E-state index in [2.05, 4.69) is 38.1 Å². The third-order valence-corrected chi connectivity index (χ3v) is 6.57. The highest BCUT2D eigenvalue weighted by atomic mass is 19.1. The maximum atomic E-state index is 14.6. The number of H-pyrrole nitrogens is 2. The first-order valence-electron chi connectivity index (χ1n) is 12.4. The van der Waals surface area contributed by atoms with Crippen molar-refractivity contribution in [2.45, 2.75) is 65.2 Å². The van der Waals surface area contributed by atoms with Crippen LogP contribution in [0.2, 0.25) is 0 Å². The van der Waals surface area contributed by atoms with Crippen LogP contribution >= 0.6 is 0 Å². The number of halogens is 2. The number of aryl methyl sites for hydroxylation is 1. The number of imidazole rings is 1. The third kappa shape index (κ3) is 5.77. The van der Waals surface area contributed by atoms with E-state index in [1.54, 1.807) is 6.20 Å². The Labute approximate surface area is 200 Å². The monoisotopic (exact) mass is 471 g/mol. The number of rotatable bonds is 10. The highest BCUT2D eigenvalue weighted by Gasteiger charge is 2.21. The van der Waals surface area contributed by atoms with Gasteiger partial charge < -0.3 is 14.6 Å². The van der Waals surface area contributed by atoms with Gasteiger partial charge in [0.05, 0.1) is 12.2 Å². The van der Waals surface area contributed by atoms with Crippen LogP contribution in [-0.2, 0) is 6.42 Å². The molecular weight excluding hydrogens is 436 g/mol. The van der Waals surface area contributed by atoms with Crippen molar-refractivity contribution in [2.24, 2.45) is 5.92 Å². The fourth-order valence-corrected chi connectivity index (χ4v) is 4.54. The Hall–Kier alpha value is -2.90. The molecule has 0 amide bonds. The quantitative estimate of drug-likeness (QED) is 0.344. The van der Waals surface area contributed by atoms with Crippen LogP contribution in [0.15, 0.2) is 24.4 Å². The lowest BCUT2D eigenvalue weighted by atomic mass is 9.92. The molecule has 184 valence electrons. The maximum absolute atomic E-state index is 14.6. The van der Waals surface area contributed by atoms with Gasteiger partial charge in [0.1, 0.15) is 23.2 Å². The van der Waals surface area contributed by atoms with Crippen LogP contribution in [0.25, 0.3) is 11.4 Å². The van der Waals surface area contributed by atoms with Crippen molar-refractivity contribution in [2.75, 3.05) is 24.6 Å². The minimum Gasteiger partial charge on any atom is -0.493 e. The zero-order valence-electron chi connectivity index (χ0n) is 20.3. The van der Waals surface area contributed by atoms with Crippen molar-refractivity contribution in [3.63, 3.8) is 0 Å². The minimum absolute atomic E-state index is 0.148. The van der Waals surface area contributed by atoms with Gasteiger partial charge in [0.25, 0.3) is 0 Å². The molecule has 2 N–H and O–H groups in total. The molecule has 0 unspecified atom stereocenters. The molecule has 0 bridgehead atoms. The standard InChI is InChI=1S/C26H35F2N5O/c1-4-6-19-13-24(32-31-19)33-10-8-18(9-11-33)7-5-12-34-20-14-21(27)25(22(28)15-20)26-29-16-23(30-26)17(2)3/h13-18H,4-12H2,1-3H3,(H,29,30)(H,31,32). The van der Waals surface area contributed by atoms with Gasteiger partial charge in [0.2, 0.25) is 0 Å². The second-order valence-electron chi connectivity index (χ2n) is 9.53. The second-order valence-corrected chi connectivity index (χ2v) is 9.53. The number of hydrogen-bond donors (Lipinski definition) is 2. The molecule has 34 heavy (non-hydrogen) atoms. The molecule has 1 aliphatic heterocycles. The highest BCUT2D eigenvalue weighted by molar-refractivity contribution is 5.59. The van der Waals surface area contributed by atoms with Crippen molar-refractivity contribution >= 4 is 5.82 Å². The summed E-state index contributed by atoms with van der Waals surface area (Å²) in [6, 6.07) is 4.65. The van der Waals surface area contributed by atoms with Gasteiger partial charge in [-0.25, -0.2) is 13.8 Å². The van der Waals surface area contributed by atoms with Gasteiger partial charge in [-0.3, -0.25) is 5.10 Å². The molecule has 3 heterocycles. The molecule has 0 radical (unpaired) electrons. The van der Waals surface area contributed by atoms with E-state index in [9.17, 15) is 8.78 Å². The summed E-state index contributed by atoms with van der Waals surface area (Å²) in [5, 5.41) is 7.59. The van der Waals surface area contributed by atoms with E-state index in [1.807, 2.05) is 13.8 Å². The number of benzene rings is 1. The van der Waals surface area contributed by atoms with Crippen molar-refractivity contribution in [3.8, 4) is 17.1 Å². The molecule has 2 aromatic heterocycles. The van der Waals surface area contributed by atoms with E-state index in [-0.39, 0.29) is 23.1 Å². The Morgan fingerprint density at radius 2 is 1.88 bits per heavy atom. The Balaban J connectivity index is 1.22. The number of aromatic nitrogens is 4. The number of piperidine rings is 1. The molecule has 1 saturated heterocycles. The van der Waals surface area contributed by atoms with E-state index in [1.165, 1.54) is 17.8 Å². The predicted octanol–water partition coefficient (Wildman–Crippen LogP) is 6.23. The first kappa shape index (κ1) is 24.2. The normalized spacial score (nSPS) is 14.8. The van der Waals surface area contributed by atoms with Gasteiger partial charge in [0, 0.05) is 48.9 Å². The topological polar surface area (TPSA) is 69.8 Å². The molecule has 1 aromatic carbocycles. The molecule has 0 saturated carbocycles. The molecule has 0 spiro atoms. The third-order valence-electron chi connectivity index (χ3n) is 6.57. The fourth-order valence-electron chi connectivity index (χ4n) is 4.54. The van der Waals surface area contributed by atoms with Gasteiger partial charge in [-0.2, -0.15) is 5.10 Å². The molecule has 3 aromatic rings. The molecular formula is C26H35F2N5O. The number of nitrogens with one attached hydrogen (secondary N) is 2. The Bertz CT molecular complexity index is 1050. The molecule has 0 atom stereocenters. The molecule has 1 fully saturated rings. The highest BCUT2D eigenvalue weighted by Crippen LogP contribution is 2.30. The van der Waals surface area contributed by atoms with Crippen LogP contribution < -0.4 is 9.64 Å². The van der Waals surface area contributed by atoms with Gasteiger partial charge in [-0.05, 0) is 43.9 Å². The lowest BCUT2D eigenvalue weighted by molar-refractivity contribution is 0.277. The number of nitrogens with zero attached hydrogens (tertiary/aromatic N) is 3. The SMILES string of the molecule is CCCc1cc(N2CCC(CCCOc3cc(F)c(-c4ncc(C(C)C)[nH]4)c(F)c3)CC2)n[nH]1. The summed E-state index contributed by atoms with van der Waals surface area (Å²) < 4.78 is 34.9. The lowest BCUT2D eigenvalue weighted by Gasteiger charge is -2.32. The fraction of sp³-hybridized carbons (Fsp3) is 0.538. The van der Waals surface area contributed by atoms with Crippen LogP contribution in [-0.4, -0.2) is 39.9 Å². The lowest BCUT2D eigenvalue weighted by Crippen LogP contribution is -2.34. The zero-order valence-corrected chi connectivity index (χ0v) is 20.3. The average molecular weight is 472 g/mol. The van der Waals surface area contributed by atoms with Crippen molar-refractivity contribution in [1.82, 2.24) is 20.2 Å². The van der Waals surface area contributed by atoms with Crippen LogP contribution in [0.3, 0.4) is 0 Å². The van der Waals surface area contributed by atoms with Gasteiger partial charge in [-0.15, -0.1) is 0 Å². The molecule has 8 heteroatoms. The second kappa shape index (κ2) is 11.0. The van der Waals surface area contributed by atoms with E-state index in [0.29, 0.717) is 12.5 Å². The maximum Gasteiger partial charge on any atom is 0.150 e. The van der Waals surface area contributed by atoms with Crippen molar-refractivity contribution < 1.29 is 13.5 Å². The van der Waals surface area contributed by atoms with Crippen LogP contribution in [0.4, 0.5) is 14.6 Å². The Morgan fingerprint density at radius 3 is 2.53 bits per heavy atom. The number of ether oxygens (including phenoxy) is 1. The zero-order chi connectivity index (χ0) is 24.1. The van der Waals surface area contributed by atoms with E-state index in [4.69, 9.17) is 4.74 Å². The summed E-state index contributed by atoms with van der Waals surface area (Å²) in [4.78, 5) is 9.48. The molecule has 0 aliphatic carbocycles. The molecule has 1 aliphatic rings. The summed E-state index contributed by atoms with van der Waals surface area (Å²) >= 11 is 0. The molecule has 4 rings (SSSR count). The van der Waals surface area contributed by atoms with E-state index < -0.39 is 11.6 Å². The summed E-state index contributed by atoms with van der Waals surface area (Å²) in [7, 11) is 0. The molecule has 6 nitrogen and oxygen atoms in total. The van der Waals surface area contributed by atoms with Crippen molar-refractivity contribution in [1.29, 1.82) is 0 Å². The van der Waals surface area contributed by atoms with Crippen LogP contribution in [0.5, 0.6) is 5.75 Å². The smallest absolute Gasteiger partial charge is 0.150 e. The first-order chi connectivity index (χ1) is 16.4. The van der Waals surface area contributed by atoms with Gasteiger partial charge >= 0.3 is 0 Å². The average Bonchev–Trinajstić information content (AvgIpc) is 3.47. The van der Waals surface area contributed by atoms with Crippen molar-refractivity contribution in [3.05, 3.63) is 47.4 Å². The summed E-state index contributed by atoms with van der Waals surface area (Å²) in [5.41, 5.74) is 1.89. The van der Waals surface area contributed by atoms with Gasteiger partial charge in [-0.1, -0.05) is 27.2 Å². The number of aromatic amines is 2. The predicted molar refractivity (Wildman–Crippen MR) is 130 cm³/mol. The van der Waals surface area contributed by atoms with E-state index in [0.717, 1.165) is 63.1 Å². The minimum atomic E-state index is -0.674. The Morgan fingerprint density at radius 1 is 1.15 bits per heavy atom. The summed E-state index contributed by atoms with van der Waals surface area (Å²) in [6.45, 7) is 8.60. The van der Waals surface area contributed by atoms with E-state index >= 15 is 0 Å². The summed E-state index contributed by atoms with van der Waals surface area (Å²) in [6.07, 6.45) is 7.90. The largest absolute Gasteiger partial charge is 0.493 e. The van der Waals surface area contributed by atoms with Crippen LogP contribution in [0, 0.1) is 17.6 Å². The first-order valence-corrected chi connectivity index (χ1v) is 12.4. The summed E-state index contributed by atoms with van der Waals surface area (Å²) in [5.74, 6) is 0.955. The van der Waals surface area contributed by atoms with Gasteiger partial charge in [0.15, 0.2) is 5.82 Å². The van der Waals surface area contributed by atoms with Crippen LogP contribution in [0.1, 0.15) is 70.2 Å². The number of hydrogen-bond acceptors (Lipinski definition) is 4.